The van der Waals surface area contributed by atoms with Crippen LogP contribution < -0.4 is 59.3 Å². The molecule has 0 bridgehead atoms. The highest BCUT2D eigenvalue weighted by molar-refractivity contribution is 5.98. The van der Waals surface area contributed by atoms with Crippen LogP contribution in [-0.4, -0.2) is 129 Å². The second-order valence-corrected chi connectivity index (χ2v) is 18.4. The van der Waals surface area contributed by atoms with Gasteiger partial charge in [0.05, 0.1) is 12.0 Å². The Morgan fingerprint density at radius 3 is 2.04 bits per heavy atom. The maximum Gasteiger partial charge on any atom is 0.243 e. The van der Waals surface area contributed by atoms with Crippen molar-refractivity contribution in [3.8, 4) is 0 Å². The van der Waals surface area contributed by atoms with E-state index in [1.807, 2.05) is 24.3 Å². The Labute approximate surface area is 437 Å². The van der Waals surface area contributed by atoms with E-state index in [9.17, 15) is 43.2 Å². The number of carbonyl (C=O) groups excluding carboxylic acids is 9. The quantitative estimate of drug-likeness (QED) is 0.0275. The van der Waals surface area contributed by atoms with Gasteiger partial charge in [0.1, 0.15) is 42.3 Å². The summed E-state index contributed by atoms with van der Waals surface area (Å²) in [6.07, 6.45) is 3.40. The molecule has 1 unspecified atom stereocenters. The molecule has 3 aromatic carbocycles. The molecule has 6 rings (SSSR count). The third kappa shape index (κ3) is 17.3. The molecule has 1 fully saturated rings. The van der Waals surface area contributed by atoms with Crippen LogP contribution in [0.4, 0.5) is 0 Å². The highest BCUT2D eigenvalue weighted by Crippen LogP contribution is 2.19. The summed E-state index contributed by atoms with van der Waals surface area (Å²) in [6.45, 7) is 1.11. The van der Waals surface area contributed by atoms with Gasteiger partial charge in [-0.1, -0.05) is 78.9 Å². The van der Waals surface area contributed by atoms with E-state index in [1.54, 1.807) is 66.9 Å². The number of hydrogen-bond donors (Lipinski definition) is 14. The molecule has 24 heteroatoms. The van der Waals surface area contributed by atoms with Gasteiger partial charge in [0, 0.05) is 75.4 Å². The number of aromatic nitrogens is 3. The average Bonchev–Trinajstić information content (AvgIpc) is 4.07. The molecule has 0 saturated carbocycles. The van der Waals surface area contributed by atoms with Crippen LogP contribution in [0.1, 0.15) is 61.4 Å². The van der Waals surface area contributed by atoms with E-state index in [2.05, 4.69) is 62.8 Å². The number of benzene rings is 3. The number of carbonyl (C=O) groups is 9. The van der Waals surface area contributed by atoms with Crippen LogP contribution in [0.2, 0.25) is 0 Å². The van der Waals surface area contributed by atoms with E-state index in [1.165, 1.54) is 19.4 Å². The Morgan fingerprint density at radius 1 is 0.724 bits per heavy atom. The molecule has 5 aromatic rings. The van der Waals surface area contributed by atoms with Crippen LogP contribution in [0.3, 0.4) is 0 Å². The average molecular weight is 1040 g/mol. The Hall–Kier alpha value is -9.09. The summed E-state index contributed by atoms with van der Waals surface area (Å²) in [7, 11) is 0. The predicted octanol–water partition coefficient (Wildman–Crippen LogP) is -1.38. The van der Waals surface area contributed by atoms with Crippen LogP contribution in [0, 0.1) is 5.41 Å². The molecule has 24 nitrogen and oxygen atoms in total. The van der Waals surface area contributed by atoms with E-state index in [4.69, 9.17) is 16.9 Å². The summed E-state index contributed by atoms with van der Waals surface area (Å²) in [6, 6.07) is 15.3. The van der Waals surface area contributed by atoms with Crippen molar-refractivity contribution in [2.75, 3.05) is 13.1 Å². The van der Waals surface area contributed by atoms with Gasteiger partial charge in [-0.3, -0.25) is 48.6 Å². The number of hydrogen-bond acceptors (Lipinski definition) is 11. The zero-order chi connectivity index (χ0) is 54.6. The molecule has 2 aromatic heterocycles. The van der Waals surface area contributed by atoms with Crippen molar-refractivity contribution in [1.29, 1.82) is 5.41 Å². The summed E-state index contributed by atoms with van der Waals surface area (Å²) in [4.78, 5) is 136. The van der Waals surface area contributed by atoms with Gasteiger partial charge in [0.15, 0.2) is 5.96 Å². The molecular formula is C52H65N15O9. The molecular weight excluding hydrogens is 979 g/mol. The van der Waals surface area contributed by atoms with Gasteiger partial charge < -0.3 is 69.3 Å². The van der Waals surface area contributed by atoms with Crippen LogP contribution in [0.5, 0.6) is 0 Å². The number of H-pyrrole nitrogens is 2. The van der Waals surface area contributed by atoms with Crippen molar-refractivity contribution >= 4 is 70.0 Å². The maximum atomic E-state index is 14.6. The zero-order valence-corrected chi connectivity index (χ0v) is 41.9. The first-order valence-corrected chi connectivity index (χ1v) is 24.9. The second kappa shape index (κ2) is 27.8. The lowest BCUT2D eigenvalue weighted by Crippen LogP contribution is -2.60. The Bertz CT molecular complexity index is 2830. The lowest BCUT2D eigenvalue weighted by Gasteiger charge is -2.28. The number of rotatable bonds is 18. The van der Waals surface area contributed by atoms with Gasteiger partial charge in [-0.05, 0) is 48.4 Å². The monoisotopic (exact) mass is 1040 g/mol. The lowest BCUT2D eigenvalue weighted by molar-refractivity contribution is -0.135. The summed E-state index contributed by atoms with van der Waals surface area (Å²) in [5, 5.41) is 32.5. The predicted molar refractivity (Wildman–Crippen MR) is 279 cm³/mol. The molecule has 1 aliphatic heterocycles. The van der Waals surface area contributed by atoms with Crippen molar-refractivity contribution in [2.45, 2.75) is 107 Å². The van der Waals surface area contributed by atoms with Gasteiger partial charge >= 0.3 is 0 Å². The summed E-state index contributed by atoms with van der Waals surface area (Å²) in [5.41, 5.74) is 14.4. The molecule has 16 N–H and O–H groups in total. The van der Waals surface area contributed by atoms with E-state index in [0.29, 0.717) is 22.4 Å². The Balaban J connectivity index is 1.34. The first-order chi connectivity index (χ1) is 36.5. The van der Waals surface area contributed by atoms with Crippen LogP contribution in [-0.2, 0) is 68.8 Å². The maximum absolute atomic E-state index is 14.6. The molecule has 1 saturated heterocycles. The molecule has 1 aliphatic rings. The minimum atomic E-state index is -1.48. The first kappa shape index (κ1) is 56.2. The van der Waals surface area contributed by atoms with Crippen LogP contribution in [0.15, 0.2) is 104 Å². The van der Waals surface area contributed by atoms with Gasteiger partial charge in [0.25, 0.3) is 0 Å². The number of guanidine groups is 1. The Kier molecular flexibility index (Phi) is 20.6. The standard InChI is InChI=1S/C52H65N15O9/c1-30(68)61-41(23-31-11-4-2-5-12-31)49(74)63-38-18-19-44(69)57-22-20-39(48(73)65-40(45(53)70)25-33-27-59-36-16-9-8-15-35(33)36)64-46(71)37(17-10-21-58-52(54)55)62-50(75)42(24-32-13-6-3-7-14-32)66-51(76)43(67-47(38)72)26-34-28-56-29-60-34/h2-9,11-16,27-29,37-43,59H,10,17-26H2,1H3,(H2,53,70)(H,56,60)(H,57,69)(H,61,68)(H,62,75)(H,63,74)(H,64,71)(H,65,73)(H,66,76)(H,67,72)(H4,54,55,58)/t37-,38-,39?,40-,41-,42+,43-/m0/s1. The number of fused-ring (bicyclic) bond motifs is 1. The minimum Gasteiger partial charge on any atom is -0.370 e. The summed E-state index contributed by atoms with van der Waals surface area (Å²) in [5.74, 6) is -7.38. The first-order valence-electron chi connectivity index (χ1n) is 24.9. The molecule has 9 amide bonds. The molecule has 0 radical (unpaired) electrons. The van der Waals surface area contributed by atoms with Crippen molar-refractivity contribution < 1.29 is 43.2 Å². The highest BCUT2D eigenvalue weighted by Gasteiger charge is 2.35. The zero-order valence-electron chi connectivity index (χ0n) is 41.9. The van der Waals surface area contributed by atoms with Crippen molar-refractivity contribution in [3.63, 3.8) is 0 Å². The number of primary amides is 1. The molecule has 0 aliphatic carbocycles. The number of aromatic amines is 2. The fraction of sp³-hybridized carbons (Fsp3) is 0.365. The minimum absolute atomic E-state index is 0.0233. The summed E-state index contributed by atoms with van der Waals surface area (Å²) >= 11 is 0. The number of imidazole rings is 1. The smallest absolute Gasteiger partial charge is 0.243 e. The van der Waals surface area contributed by atoms with Gasteiger partial charge in [-0.2, -0.15) is 0 Å². The third-order valence-corrected chi connectivity index (χ3v) is 12.6. The number of amides is 9. The summed E-state index contributed by atoms with van der Waals surface area (Å²) < 4.78 is 0. The third-order valence-electron chi connectivity index (χ3n) is 12.6. The number of nitrogens with one attached hydrogen (secondary N) is 12. The lowest BCUT2D eigenvalue weighted by atomic mass is 10.0. The van der Waals surface area contributed by atoms with Gasteiger partial charge in [0.2, 0.25) is 53.2 Å². The molecule has 3 heterocycles. The van der Waals surface area contributed by atoms with E-state index in [-0.39, 0.29) is 76.8 Å². The van der Waals surface area contributed by atoms with Crippen molar-refractivity contribution in [2.24, 2.45) is 11.5 Å². The van der Waals surface area contributed by atoms with Crippen molar-refractivity contribution in [3.05, 3.63) is 126 Å². The normalized spacial score (nSPS) is 19.8. The van der Waals surface area contributed by atoms with Gasteiger partial charge in [-0.25, -0.2) is 4.98 Å². The second-order valence-electron chi connectivity index (χ2n) is 18.4. The van der Waals surface area contributed by atoms with E-state index in [0.717, 1.165) is 10.9 Å². The van der Waals surface area contributed by atoms with Crippen LogP contribution >= 0.6 is 0 Å². The van der Waals surface area contributed by atoms with E-state index >= 15 is 0 Å². The van der Waals surface area contributed by atoms with Crippen molar-refractivity contribution in [1.82, 2.24) is 62.8 Å². The number of nitrogens with zero attached hydrogens (tertiary/aromatic N) is 1. The topological polar surface area (TPSA) is 382 Å². The fourth-order valence-corrected chi connectivity index (χ4v) is 8.62. The number of para-hydroxylation sites is 1. The Morgan fingerprint density at radius 2 is 1.37 bits per heavy atom. The largest absolute Gasteiger partial charge is 0.370 e. The highest BCUT2D eigenvalue weighted by atomic mass is 16.2. The SMILES string of the molecule is CC(=O)N[C@@H](Cc1ccccc1)C(=O)N[C@H]1CCC(=O)NCCC(C(=O)N[C@@H](Cc2c[nH]c3ccccc23)C(N)=O)NC(=O)[C@H](CCCNC(=N)N)NC(=O)[C@@H](Cc2ccccc2)NC(=O)[C@H](Cc2c[nH]cn2)NC1=O. The van der Waals surface area contributed by atoms with E-state index < -0.39 is 95.5 Å². The molecule has 7 atom stereocenters. The number of nitrogens with two attached hydrogens (primary N) is 2. The van der Waals surface area contributed by atoms with Crippen LogP contribution in [0.25, 0.3) is 10.9 Å². The van der Waals surface area contributed by atoms with Gasteiger partial charge in [-0.15, -0.1) is 0 Å². The fourth-order valence-electron chi connectivity index (χ4n) is 8.62. The molecule has 76 heavy (non-hydrogen) atoms. The molecule has 402 valence electrons. The molecule has 0 spiro atoms.